The molecule has 0 aliphatic heterocycles. The molecule has 9 nitrogen and oxygen atoms in total. The zero-order valence-electron chi connectivity index (χ0n) is 9.65. The number of carboxylic acids is 1. The third-order valence-corrected chi connectivity index (χ3v) is 3.58. The summed E-state index contributed by atoms with van der Waals surface area (Å²) in [6, 6.07) is 0. The van der Waals surface area contributed by atoms with E-state index in [1.54, 1.807) is 0 Å². The van der Waals surface area contributed by atoms with E-state index in [1.807, 2.05) is 0 Å². The molecular weight excluding hydrogens is 274 g/mol. The van der Waals surface area contributed by atoms with Crippen LogP contribution in [0, 0.1) is 0 Å². The number of H-pyrrole nitrogens is 1. The van der Waals surface area contributed by atoms with Gasteiger partial charge in [0.25, 0.3) is 0 Å². The first-order chi connectivity index (χ1) is 8.97. The molecule has 0 aliphatic carbocycles. The standard InChI is InChI=1S/C9H11N5O4S/c15-9(16)5-14-4-8(3-12-14)19(17,18)13-2-7-1-10-6-11-7/h1,3-4,6,13H,2,5H2,(H,10,11)(H,15,16). The fourth-order valence-corrected chi connectivity index (χ4v) is 2.30. The molecule has 0 unspecified atom stereocenters. The molecule has 2 rings (SSSR count). The molecule has 0 spiro atoms. The van der Waals surface area contributed by atoms with Crippen molar-refractivity contribution < 1.29 is 18.3 Å². The Labute approximate surface area is 108 Å². The van der Waals surface area contributed by atoms with E-state index in [4.69, 9.17) is 5.11 Å². The molecule has 0 atom stereocenters. The summed E-state index contributed by atoms with van der Waals surface area (Å²) in [5.41, 5.74) is 0.613. The lowest BCUT2D eigenvalue weighted by molar-refractivity contribution is -0.137. The maximum absolute atomic E-state index is 11.9. The van der Waals surface area contributed by atoms with E-state index in [2.05, 4.69) is 19.8 Å². The fourth-order valence-electron chi connectivity index (χ4n) is 1.35. The van der Waals surface area contributed by atoms with Crippen molar-refractivity contribution in [3.8, 4) is 0 Å². The van der Waals surface area contributed by atoms with Crippen molar-refractivity contribution in [1.82, 2.24) is 24.5 Å². The first-order valence-electron chi connectivity index (χ1n) is 5.18. The predicted molar refractivity (Wildman–Crippen MR) is 62.5 cm³/mol. The van der Waals surface area contributed by atoms with E-state index in [0.29, 0.717) is 5.69 Å². The summed E-state index contributed by atoms with van der Waals surface area (Å²) in [6.45, 7) is -0.331. The molecule has 10 heteroatoms. The van der Waals surface area contributed by atoms with E-state index < -0.39 is 22.5 Å². The molecule has 0 saturated carbocycles. The van der Waals surface area contributed by atoms with Crippen LogP contribution in [0.4, 0.5) is 0 Å². The third kappa shape index (κ3) is 3.39. The van der Waals surface area contributed by atoms with Gasteiger partial charge in [-0.3, -0.25) is 9.48 Å². The van der Waals surface area contributed by atoms with E-state index in [1.165, 1.54) is 12.5 Å². The zero-order valence-corrected chi connectivity index (χ0v) is 10.5. The van der Waals surface area contributed by atoms with Crippen LogP contribution >= 0.6 is 0 Å². The molecule has 2 aromatic heterocycles. The number of carboxylic acid groups (broad SMARTS) is 1. The molecule has 0 saturated heterocycles. The van der Waals surface area contributed by atoms with E-state index in [0.717, 1.165) is 17.1 Å². The Hall–Kier alpha value is -2.20. The summed E-state index contributed by atoms with van der Waals surface area (Å²) < 4.78 is 27.1. The maximum atomic E-state index is 11.9. The van der Waals surface area contributed by atoms with Crippen molar-refractivity contribution in [3.63, 3.8) is 0 Å². The number of aliphatic carboxylic acids is 1. The van der Waals surface area contributed by atoms with Crippen molar-refractivity contribution in [3.05, 3.63) is 30.6 Å². The summed E-state index contributed by atoms with van der Waals surface area (Å²) >= 11 is 0. The lowest BCUT2D eigenvalue weighted by Gasteiger charge is -2.02. The normalized spacial score (nSPS) is 11.6. The van der Waals surface area contributed by atoms with Crippen LogP contribution in [0.25, 0.3) is 0 Å². The van der Waals surface area contributed by atoms with Gasteiger partial charge in [-0.15, -0.1) is 0 Å². The largest absolute Gasteiger partial charge is 0.480 e. The molecule has 0 aromatic carbocycles. The minimum Gasteiger partial charge on any atom is -0.480 e. The Kier molecular flexibility index (Phi) is 3.62. The maximum Gasteiger partial charge on any atom is 0.325 e. The Bertz CT molecular complexity index is 661. The summed E-state index contributed by atoms with van der Waals surface area (Å²) in [5.74, 6) is -1.10. The van der Waals surface area contributed by atoms with Crippen LogP contribution in [-0.2, 0) is 27.9 Å². The number of carbonyl (C=O) groups is 1. The number of aromatic nitrogens is 4. The third-order valence-electron chi connectivity index (χ3n) is 2.22. The molecule has 2 aromatic rings. The van der Waals surface area contributed by atoms with Crippen molar-refractivity contribution in [2.24, 2.45) is 0 Å². The van der Waals surface area contributed by atoms with Gasteiger partial charge in [0.2, 0.25) is 10.0 Å². The van der Waals surface area contributed by atoms with Gasteiger partial charge in [-0.05, 0) is 0 Å². The van der Waals surface area contributed by atoms with Crippen molar-refractivity contribution in [2.75, 3.05) is 0 Å². The van der Waals surface area contributed by atoms with E-state index in [-0.39, 0.29) is 11.4 Å². The number of rotatable bonds is 6. The van der Waals surface area contributed by atoms with Gasteiger partial charge < -0.3 is 10.1 Å². The second kappa shape index (κ2) is 5.20. The highest BCUT2D eigenvalue weighted by atomic mass is 32.2. The van der Waals surface area contributed by atoms with Gasteiger partial charge in [0.1, 0.15) is 11.4 Å². The van der Waals surface area contributed by atoms with Crippen LogP contribution in [0.15, 0.2) is 29.8 Å². The van der Waals surface area contributed by atoms with Crippen molar-refractivity contribution >= 4 is 16.0 Å². The van der Waals surface area contributed by atoms with Crippen LogP contribution < -0.4 is 4.72 Å². The number of nitrogens with zero attached hydrogens (tertiary/aromatic N) is 3. The Balaban J connectivity index is 2.06. The molecule has 0 radical (unpaired) electrons. The Morgan fingerprint density at radius 3 is 2.89 bits per heavy atom. The lowest BCUT2D eigenvalue weighted by Crippen LogP contribution is -2.23. The van der Waals surface area contributed by atoms with E-state index in [9.17, 15) is 13.2 Å². The topological polar surface area (TPSA) is 130 Å². The van der Waals surface area contributed by atoms with Crippen LogP contribution in [0.2, 0.25) is 0 Å². The summed E-state index contributed by atoms with van der Waals surface area (Å²) in [7, 11) is -3.73. The average Bonchev–Trinajstić information content (AvgIpc) is 2.96. The summed E-state index contributed by atoms with van der Waals surface area (Å²) in [4.78, 5) is 16.9. The molecule has 2 heterocycles. The van der Waals surface area contributed by atoms with Crippen molar-refractivity contribution in [2.45, 2.75) is 18.0 Å². The molecule has 3 N–H and O–H groups in total. The molecule has 0 bridgehead atoms. The quantitative estimate of drug-likeness (QED) is 0.635. The van der Waals surface area contributed by atoms with Gasteiger partial charge in [0, 0.05) is 18.1 Å². The number of hydrogen-bond acceptors (Lipinski definition) is 5. The highest BCUT2D eigenvalue weighted by Gasteiger charge is 2.17. The second-order valence-electron chi connectivity index (χ2n) is 3.67. The first kappa shape index (κ1) is 13.2. The van der Waals surface area contributed by atoms with E-state index >= 15 is 0 Å². The van der Waals surface area contributed by atoms with Gasteiger partial charge in [-0.25, -0.2) is 18.1 Å². The smallest absolute Gasteiger partial charge is 0.325 e. The number of hydrogen-bond donors (Lipinski definition) is 3. The van der Waals surface area contributed by atoms with Gasteiger partial charge in [0.15, 0.2) is 0 Å². The molecule has 102 valence electrons. The summed E-state index contributed by atoms with van der Waals surface area (Å²) in [5, 5.41) is 12.2. The number of sulfonamides is 1. The van der Waals surface area contributed by atoms with Gasteiger partial charge in [0.05, 0.1) is 19.1 Å². The zero-order chi connectivity index (χ0) is 13.9. The van der Waals surface area contributed by atoms with Crippen LogP contribution in [0.3, 0.4) is 0 Å². The van der Waals surface area contributed by atoms with Gasteiger partial charge >= 0.3 is 5.97 Å². The molecule has 0 aliphatic rings. The highest BCUT2D eigenvalue weighted by Crippen LogP contribution is 2.07. The highest BCUT2D eigenvalue weighted by molar-refractivity contribution is 7.89. The monoisotopic (exact) mass is 285 g/mol. The molecule has 0 amide bonds. The van der Waals surface area contributed by atoms with Crippen molar-refractivity contribution in [1.29, 1.82) is 0 Å². The summed E-state index contributed by atoms with van der Waals surface area (Å²) in [6.07, 6.45) is 5.19. The van der Waals surface area contributed by atoms with Gasteiger partial charge in [-0.2, -0.15) is 5.10 Å². The Morgan fingerprint density at radius 2 is 2.26 bits per heavy atom. The van der Waals surface area contributed by atoms with Crippen LogP contribution in [0.5, 0.6) is 0 Å². The van der Waals surface area contributed by atoms with Crippen LogP contribution in [0.1, 0.15) is 5.69 Å². The SMILES string of the molecule is O=C(O)Cn1cc(S(=O)(=O)NCc2cnc[nH]2)cn1. The molecular formula is C9H11N5O4S. The second-order valence-corrected chi connectivity index (χ2v) is 5.44. The Morgan fingerprint density at radius 1 is 1.47 bits per heavy atom. The predicted octanol–water partition coefficient (Wildman–Crippen LogP) is -0.831. The van der Waals surface area contributed by atoms with Gasteiger partial charge in [-0.1, -0.05) is 0 Å². The molecule has 0 fully saturated rings. The minimum absolute atomic E-state index is 0.0619. The minimum atomic E-state index is -3.73. The van der Waals surface area contributed by atoms with Crippen LogP contribution in [-0.4, -0.2) is 39.2 Å². The first-order valence-corrected chi connectivity index (χ1v) is 6.67. The fraction of sp³-hybridized carbons (Fsp3) is 0.222. The average molecular weight is 285 g/mol. The number of imidazole rings is 1. The molecule has 19 heavy (non-hydrogen) atoms. The number of aromatic amines is 1. The lowest BCUT2D eigenvalue weighted by atomic mass is 10.5. The number of nitrogens with one attached hydrogen (secondary N) is 2.